The highest BCUT2D eigenvalue weighted by atomic mass is 16.5. The number of hydrogen-bond donors (Lipinski definition) is 1. The standard InChI is InChI=1S/C18H26O2/c1-12-9-13(2)16(14(3)10-12)17(19)15-5-8-20-18(11-15)6-4-7-18/h9-10,15,17,19H,4-8,11H2,1-3H3. The molecule has 2 fully saturated rings. The van der Waals surface area contributed by atoms with Crippen molar-refractivity contribution in [2.45, 2.75) is 64.6 Å². The zero-order valence-electron chi connectivity index (χ0n) is 12.9. The Balaban J connectivity index is 1.83. The number of aliphatic hydroxyl groups excluding tert-OH is 1. The fraction of sp³-hybridized carbons (Fsp3) is 0.667. The van der Waals surface area contributed by atoms with Crippen molar-refractivity contribution >= 4 is 0 Å². The molecule has 2 unspecified atom stereocenters. The molecule has 0 amide bonds. The van der Waals surface area contributed by atoms with Gasteiger partial charge < -0.3 is 9.84 Å². The van der Waals surface area contributed by atoms with Crippen LogP contribution in [-0.2, 0) is 4.74 Å². The van der Waals surface area contributed by atoms with Gasteiger partial charge in [0.15, 0.2) is 0 Å². The van der Waals surface area contributed by atoms with Gasteiger partial charge >= 0.3 is 0 Å². The number of aryl methyl sites for hydroxylation is 3. The van der Waals surface area contributed by atoms with E-state index in [0.29, 0.717) is 5.92 Å². The lowest BCUT2D eigenvalue weighted by Crippen LogP contribution is -2.46. The zero-order chi connectivity index (χ0) is 14.3. The average molecular weight is 274 g/mol. The molecule has 1 aromatic carbocycles. The smallest absolute Gasteiger partial charge is 0.0825 e. The fourth-order valence-corrected chi connectivity index (χ4v) is 4.15. The summed E-state index contributed by atoms with van der Waals surface area (Å²) in [5.74, 6) is 0.351. The molecule has 20 heavy (non-hydrogen) atoms. The largest absolute Gasteiger partial charge is 0.388 e. The van der Waals surface area contributed by atoms with Gasteiger partial charge in [-0.15, -0.1) is 0 Å². The highest BCUT2D eigenvalue weighted by Crippen LogP contribution is 2.47. The van der Waals surface area contributed by atoms with Crippen molar-refractivity contribution in [1.29, 1.82) is 0 Å². The van der Waals surface area contributed by atoms with Crippen LogP contribution in [0.1, 0.15) is 60.5 Å². The highest BCUT2D eigenvalue weighted by molar-refractivity contribution is 5.39. The van der Waals surface area contributed by atoms with E-state index in [1.165, 1.54) is 36.0 Å². The lowest BCUT2D eigenvalue weighted by atomic mass is 9.69. The fourth-order valence-electron chi connectivity index (χ4n) is 4.15. The number of benzene rings is 1. The number of rotatable bonds is 2. The summed E-state index contributed by atoms with van der Waals surface area (Å²) in [6, 6.07) is 4.37. The van der Waals surface area contributed by atoms with Crippen LogP contribution in [0.5, 0.6) is 0 Å². The summed E-state index contributed by atoms with van der Waals surface area (Å²) < 4.78 is 5.99. The van der Waals surface area contributed by atoms with Gasteiger partial charge in [0.1, 0.15) is 0 Å². The molecular formula is C18H26O2. The molecule has 0 radical (unpaired) electrons. The SMILES string of the molecule is Cc1cc(C)c(C(O)C2CCOC3(CCC3)C2)c(C)c1. The first-order valence-electron chi connectivity index (χ1n) is 7.90. The first-order chi connectivity index (χ1) is 9.51. The van der Waals surface area contributed by atoms with Crippen LogP contribution in [0.4, 0.5) is 0 Å². The molecular weight excluding hydrogens is 248 g/mol. The lowest BCUT2D eigenvalue weighted by molar-refractivity contribution is -0.157. The van der Waals surface area contributed by atoms with Gasteiger partial charge in [0.2, 0.25) is 0 Å². The molecule has 0 aromatic heterocycles. The summed E-state index contributed by atoms with van der Waals surface area (Å²) in [5.41, 5.74) is 4.99. The summed E-state index contributed by atoms with van der Waals surface area (Å²) in [6.07, 6.45) is 5.32. The summed E-state index contributed by atoms with van der Waals surface area (Å²) in [4.78, 5) is 0. The third-order valence-electron chi connectivity index (χ3n) is 5.28. The Labute approximate surface area is 122 Å². The van der Waals surface area contributed by atoms with E-state index in [0.717, 1.165) is 25.0 Å². The molecule has 1 spiro atoms. The van der Waals surface area contributed by atoms with Gasteiger partial charge in [-0.25, -0.2) is 0 Å². The second-order valence-electron chi connectivity index (χ2n) is 6.90. The van der Waals surface area contributed by atoms with Crippen molar-refractivity contribution in [3.8, 4) is 0 Å². The third kappa shape index (κ3) is 2.40. The van der Waals surface area contributed by atoms with Crippen LogP contribution in [0.15, 0.2) is 12.1 Å². The average Bonchev–Trinajstić information content (AvgIpc) is 2.35. The minimum absolute atomic E-state index is 0.108. The summed E-state index contributed by atoms with van der Waals surface area (Å²) in [7, 11) is 0. The summed E-state index contributed by atoms with van der Waals surface area (Å²) in [6.45, 7) is 7.17. The first-order valence-corrected chi connectivity index (χ1v) is 7.90. The predicted molar refractivity (Wildman–Crippen MR) is 80.9 cm³/mol. The second kappa shape index (κ2) is 5.16. The Kier molecular flexibility index (Phi) is 3.64. The van der Waals surface area contributed by atoms with Crippen LogP contribution >= 0.6 is 0 Å². The minimum Gasteiger partial charge on any atom is -0.388 e. The van der Waals surface area contributed by atoms with E-state index < -0.39 is 0 Å². The Bertz CT molecular complexity index is 479. The van der Waals surface area contributed by atoms with Gasteiger partial charge in [0.25, 0.3) is 0 Å². The van der Waals surface area contributed by atoms with E-state index in [1.54, 1.807) is 0 Å². The maximum absolute atomic E-state index is 10.9. The number of aliphatic hydroxyl groups is 1. The predicted octanol–water partition coefficient (Wildman–Crippen LogP) is 3.99. The Hall–Kier alpha value is -0.860. The van der Waals surface area contributed by atoms with Crippen LogP contribution in [0.2, 0.25) is 0 Å². The van der Waals surface area contributed by atoms with E-state index in [9.17, 15) is 5.11 Å². The summed E-state index contributed by atoms with van der Waals surface area (Å²) in [5, 5.41) is 10.9. The molecule has 110 valence electrons. The van der Waals surface area contributed by atoms with Crippen LogP contribution in [0.25, 0.3) is 0 Å². The maximum Gasteiger partial charge on any atom is 0.0825 e. The van der Waals surface area contributed by atoms with Crippen molar-refractivity contribution < 1.29 is 9.84 Å². The molecule has 2 heteroatoms. The molecule has 1 saturated heterocycles. The van der Waals surface area contributed by atoms with Crippen molar-refractivity contribution in [2.75, 3.05) is 6.61 Å². The Morgan fingerprint density at radius 3 is 2.40 bits per heavy atom. The number of ether oxygens (including phenoxy) is 1. The molecule has 1 N–H and O–H groups in total. The monoisotopic (exact) mass is 274 g/mol. The molecule has 3 rings (SSSR count). The van der Waals surface area contributed by atoms with Gasteiger partial charge in [-0.3, -0.25) is 0 Å². The molecule has 1 aromatic rings. The van der Waals surface area contributed by atoms with Gasteiger partial charge in [0, 0.05) is 6.61 Å². The zero-order valence-corrected chi connectivity index (χ0v) is 12.9. The lowest BCUT2D eigenvalue weighted by Gasteiger charge is -2.48. The van der Waals surface area contributed by atoms with E-state index in [-0.39, 0.29) is 11.7 Å². The van der Waals surface area contributed by atoms with Crippen molar-refractivity contribution in [1.82, 2.24) is 0 Å². The molecule has 1 aliphatic heterocycles. The van der Waals surface area contributed by atoms with E-state index in [1.807, 2.05) is 0 Å². The summed E-state index contributed by atoms with van der Waals surface area (Å²) >= 11 is 0. The third-order valence-corrected chi connectivity index (χ3v) is 5.28. The normalized spacial score (nSPS) is 26.3. The second-order valence-corrected chi connectivity index (χ2v) is 6.90. The Morgan fingerprint density at radius 2 is 1.85 bits per heavy atom. The van der Waals surface area contributed by atoms with Crippen LogP contribution in [0.3, 0.4) is 0 Å². The van der Waals surface area contributed by atoms with Crippen LogP contribution < -0.4 is 0 Å². The molecule has 2 atom stereocenters. The van der Waals surface area contributed by atoms with E-state index >= 15 is 0 Å². The molecule has 1 saturated carbocycles. The van der Waals surface area contributed by atoms with Gasteiger partial charge in [-0.05, 0) is 75.5 Å². The minimum atomic E-state index is -0.336. The molecule has 0 bridgehead atoms. The first kappa shape index (κ1) is 14.1. The Morgan fingerprint density at radius 1 is 1.20 bits per heavy atom. The van der Waals surface area contributed by atoms with Gasteiger partial charge in [-0.2, -0.15) is 0 Å². The topological polar surface area (TPSA) is 29.5 Å². The molecule has 2 nitrogen and oxygen atoms in total. The van der Waals surface area contributed by atoms with Crippen LogP contribution in [-0.4, -0.2) is 17.3 Å². The van der Waals surface area contributed by atoms with Crippen molar-refractivity contribution in [2.24, 2.45) is 5.92 Å². The van der Waals surface area contributed by atoms with Crippen molar-refractivity contribution in [3.05, 3.63) is 34.4 Å². The maximum atomic E-state index is 10.9. The van der Waals surface area contributed by atoms with Gasteiger partial charge in [0.05, 0.1) is 11.7 Å². The van der Waals surface area contributed by atoms with Crippen molar-refractivity contribution in [3.63, 3.8) is 0 Å². The van der Waals surface area contributed by atoms with E-state index in [2.05, 4.69) is 32.9 Å². The van der Waals surface area contributed by atoms with Gasteiger partial charge in [-0.1, -0.05) is 17.7 Å². The molecule has 2 aliphatic rings. The molecule has 1 heterocycles. The van der Waals surface area contributed by atoms with E-state index in [4.69, 9.17) is 4.74 Å². The quantitative estimate of drug-likeness (QED) is 0.883. The van der Waals surface area contributed by atoms with Crippen LogP contribution in [0, 0.1) is 26.7 Å². The molecule has 1 aliphatic carbocycles. The number of hydrogen-bond acceptors (Lipinski definition) is 2. The highest BCUT2D eigenvalue weighted by Gasteiger charge is 2.44.